The average Bonchev–Trinajstić information content (AvgIpc) is 2.76. The zero-order valence-corrected chi connectivity index (χ0v) is 15.6. The Balaban J connectivity index is 1.83. The summed E-state index contributed by atoms with van der Waals surface area (Å²) in [4.78, 5) is 4.88. The van der Waals surface area contributed by atoms with Gasteiger partial charge in [-0.3, -0.25) is 4.99 Å². The summed E-state index contributed by atoms with van der Waals surface area (Å²) in [6, 6.07) is 29.2. The van der Waals surface area contributed by atoms with Gasteiger partial charge >= 0.3 is 0 Å². The van der Waals surface area contributed by atoms with E-state index in [0.717, 1.165) is 33.2 Å². The summed E-state index contributed by atoms with van der Waals surface area (Å²) in [5.74, 6) is 1.06. The highest BCUT2D eigenvalue weighted by molar-refractivity contribution is 5.89. The minimum Gasteiger partial charge on any atom is -0.508 e. The first-order chi connectivity index (χ1) is 13.8. The largest absolute Gasteiger partial charge is 0.508 e. The Kier molecular flexibility index (Phi) is 5.07. The van der Waals surface area contributed by atoms with Crippen molar-refractivity contribution in [3.63, 3.8) is 0 Å². The van der Waals surface area contributed by atoms with E-state index in [-0.39, 0.29) is 11.8 Å². The van der Waals surface area contributed by atoms with Crippen LogP contribution in [0.5, 0.6) is 11.5 Å². The number of aliphatic imine (C=N–C) groups is 1. The molecule has 138 valence electrons. The third kappa shape index (κ3) is 3.60. The van der Waals surface area contributed by atoms with Crippen molar-refractivity contribution in [3.8, 4) is 11.5 Å². The lowest BCUT2D eigenvalue weighted by atomic mass is 9.93. The third-order valence-corrected chi connectivity index (χ3v) is 4.82. The molecule has 0 aliphatic heterocycles. The molecule has 0 spiro atoms. The van der Waals surface area contributed by atoms with E-state index in [1.165, 1.54) is 0 Å². The molecule has 0 amide bonds. The number of benzene rings is 4. The first-order valence-electron chi connectivity index (χ1n) is 9.19. The fourth-order valence-corrected chi connectivity index (χ4v) is 3.38. The van der Waals surface area contributed by atoms with Crippen molar-refractivity contribution < 1.29 is 9.84 Å². The van der Waals surface area contributed by atoms with E-state index in [1.807, 2.05) is 91.1 Å². The molecule has 1 unspecified atom stereocenters. The van der Waals surface area contributed by atoms with Crippen molar-refractivity contribution in [2.45, 2.75) is 6.04 Å². The Labute approximate surface area is 164 Å². The van der Waals surface area contributed by atoms with Gasteiger partial charge in [0.2, 0.25) is 0 Å². The van der Waals surface area contributed by atoms with Crippen LogP contribution in [0.4, 0.5) is 0 Å². The minimum absolute atomic E-state index is 0.249. The smallest absolute Gasteiger partial charge is 0.121 e. The predicted molar refractivity (Wildman–Crippen MR) is 114 cm³/mol. The zero-order chi connectivity index (χ0) is 19.3. The molecule has 0 radical (unpaired) electrons. The van der Waals surface area contributed by atoms with Gasteiger partial charge in [0.1, 0.15) is 17.5 Å². The van der Waals surface area contributed by atoms with Crippen LogP contribution in [-0.4, -0.2) is 18.4 Å². The summed E-state index contributed by atoms with van der Waals surface area (Å²) in [6.45, 7) is 0. The van der Waals surface area contributed by atoms with E-state index >= 15 is 0 Å². The summed E-state index contributed by atoms with van der Waals surface area (Å²) in [7, 11) is 1.65. The van der Waals surface area contributed by atoms with Gasteiger partial charge in [-0.2, -0.15) is 0 Å². The lowest BCUT2D eigenvalue weighted by Crippen LogP contribution is -2.01. The van der Waals surface area contributed by atoms with Crippen LogP contribution in [0.15, 0.2) is 96.0 Å². The van der Waals surface area contributed by atoms with Crippen LogP contribution in [0.2, 0.25) is 0 Å². The number of phenolic OH excluding ortho intramolecular Hbond substituents is 1. The van der Waals surface area contributed by atoms with E-state index in [4.69, 9.17) is 9.73 Å². The first kappa shape index (κ1) is 17.8. The number of methoxy groups -OCH3 is 1. The van der Waals surface area contributed by atoms with Crippen LogP contribution in [0.3, 0.4) is 0 Å². The standard InChI is InChI=1S/C25H21NO2/c1-28-21-14-11-18(12-15-21)17-26-25(20-8-3-2-4-9-20)24-22-10-6-5-7-19(22)13-16-23(24)27/h2-17,25,27H,1H3. The number of fused-ring (bicyclic) bond motifs is 1. The number of nitrogens with zero attached hydrogens (tertiary/aromatic N) is 1. The maximum absolute atomic E-state index is 10.7. The number of aromatic hydroxyl groups is 1. The Morgan fingerprint density at radius 1 is 0.821 bits per heavy atom. The van der Waals surface area contributed by atoms with Crippen LogP contribution in [0.1, 0.15) is 22.7 Å². The van der Waals surface area contributed by atoms with Gasteiger partial charge in [0, 0.05) is 11.8 Å². The molecule has 0 fully saturated rings. The van der Waals surface area contributed by atoms with Crippen molar-refractivity contribution in [1.29, 1.82) is 0 Å². The monoisotopic (exact) mass is 367 g/mol. The number of rotatable bonds is 5. The fourth-order valence-electron chi connectivity index (χ4n) is 3.38. The molecule has 4 aromatic rings. The van der Waals surface area contributed by atoms with Gasteiger partial charge in [-0.15, -0.1) is 0 Å². The molecule has 0 heterocycles. The molecule has 3 heteroatoms. The number of hydrogen-bond acceptors (Lipinski definition) is 3. The Hall–Kier alpha value is -3.59. The molecule has 3 nitrogen and oxygen atoms in total. The lowest BCUT2D eigenvalue weighted by molar-refractivity contribution is 0.415. The van der Waals surface area contributed by atoms with Gasteiger partial charge < -0.3 is 9.84 Å². The van der Waals surface area contributed by atoms with Gasteiger partial charge in [-0.1, -0.05) is 60.7 Å². The van der Waals surface area contributed by atoms with Crippen LogP contribution in [0, 0.1) is 0 Å². The quantitative estimate of drug-likeness (QED) is 0.456. The molecule has 0 saturated carbocycles. The van der Waals surface area contributed by atoms with E-state index in [9.17, 15) is 5.11 Å². The third-order valence-electron chi connectivity index (χ3n) is 4.82. The maximum Gasteiger partial charge on any atom is 0.121 e. The van der Waals surface area contributed by atoms with Gasteiger partial charge in [0.05, 0.1) is 7.11 Å². The molecule has 0 bridgehead atoms. The van der Waals surface area contributed by atoms with Gasteiger partial charge in [0.25, 0.3) is 0 Å². The Morgan fingerprint density at radius 2 is 1.54 bits per heavy atom. The molecule has 1 N–H and O–H groups in total. The Morgan fingerprint density at radius 3 is 2.29 bits per heavy atom. The van der Waals surface area contributed by atoms with Crippen LogP contribution >= 0.6 is 0 Å². The van der Waals surface area contributed by atoms with Crippen LogP contribution < -0.4 is 4.74 Å². The number of phenols is 1. The van der Waals surface area contributed by atoms with Gasteiger partial charge in [-0.25, -0.2) is 0 Å². The zero-order valence-electron chi connectivity index (χ0n) is 15.6. The van der Waals surface area contributed by atoms with Crippen molar-refractivity contribution in [1.82, 2.24) is 0 Å². The van der Waals surface area contributed by atoms with Crippen molar-refractivity contribution >= 4 is 17.0 Å². The fraction of sp³-hybridized carbons (Fsp3) is 0.0800. The summed E-state index contributed by atoms with van der Waals surface area (Å²) in [6.07, 6.45) is 1.85. The summed E-state index contributed by atoms with van der Waals surface area (Å²) in [5.41, 5.74) is 2.81. The topological polar surface area (TPSA) is 41.8 Å². The van der Waals surface area contributed by atoms with Gasteiger partial charge in [0.15, 0.2) is 0 Å². The summed E-state index contributed by atoms with van der Waals surface area (Å²) in [5, 5.41) is 12.8. The highest BCUT2D eigenvalue weighted by Gasteiger charge is 2.19. The lowest BCUT2D eigenvalue weighted by Gasteiger charge is -2.18. The minimum atomic E-state index is -0.311. The molecule has 0 aromatic heterocycles. The van der Waals surface area contributed by atoms with Crippen molar-refractivity contribution in [2.75, 3.05) is 7.11 Å². The molecule has 0 aliphatic carbocycles. The predicted octanol–water partition coefficient (Wildman–Crippen LogP) is 5.76. The number of hydrogen-bond donors (Lipinski definition) is 1. The van der Waals surface area contributed by atoms with Gasteiger partial charge in [-0.05, 0) is 52.2 Å². The Bertz CT molecular complexity index is 1100. The summed E-state index contributed by atoms with van der Waals surface area (Å²) >= 11 is 0. The molecule has 28 heavy (non-hydrogen) atoms. The molecule has 0 saturated heterocycles. The first-order valence-corrected chi connectivity index (χ1v) is 9.19. The molecule has 4 aromatic carbocycles. The van der Waals surface area contributed by atoms with Crippen molar-refractivity contribution in [3.05, 3.63) is 108 Å². The van der Waals surface area contributed by atoms with E-state index in [1.54, 1.807) is 13.2 Å². The number of ether oxygens (including phenoxy) is 1. The van der Waals surface area contributed by atoms with Crippen LogP contribution in [-0.2, 0) is 0 Å². The normalized spacial score (nSPS) is 12.3. The second kappa shape index (κ2) is 7.97. The molecular weight excluding hydrogens is 346 g/mol. The maximum atomic E-state index is 10.7. The second-order valence-electron chi connectivity index (χ2n) is 6.58. The van der Waals surface area contributed by atoms with E-state index in [2.05, 4.69) is 0 Å². The highest BCUT2D eigenvalue weighted by atomic mass is 16.5. The SMILES string of the molecule is COc1ccc(C=NC(c2ccccc2)c2c(O)ccc3ccccc23)cc1. The molecule has 4 rings (SSSR count). The second-order valence-corrected chi connectivity index (χ2v) is 6.58. The van der Waals surface area contributed by atoms with E-state index < -0.39 is 0 Å². The highest BCUT2D eigenvalue weighted by Crippen LogP contribution is 2.38. The molecule has 1 atom stereocenters. The summed E-state index contributed by atoms with van der Waals surface area (Å²) < 4.78 is 5.22. The molecule has 0 aliphatic rings. The average molecular weight is 367 g/mol. The molecular formula is C25H21NO2. The van der Waals surface area contributed by atoms with Crippen molar-refractivity contribution in [2.24, 2.45) is 4.99 Å². The van der Waals surface area contributed by atoms with Crippen LogP contribution in [0.25, 0.3) is 10.8 Å². The van der Waals surface area contributed by atoms with E-state index in [0.29, 0.717) is 0 Å².